The molecule has 1 heterocycles. The summed E-state index contributed by atoms with van der Waals surface area (Å²) in [5.41, 5.74) is 4.09. The summed E-state index contributed by atoms with van der Waals surface area (Å²) >= 11 is 0. The van der Waals surface area contributed by atoms with Gasteiger partial charge in [-0.15, -0.1) is 0 Å². The molecule has 1 aromatic rings. The second-order valence-corrected chi connectivity index (χ2v) is 5.94. The molecular weight excluding hydrogens is 308 g/mol. The van der Waals surface area contributed by atoms with Gasteiger partial charge < -0.3 is 4.90 Å². The third kappa shape index (κ3) is 5.04. The molecule has 24 heavy (non-hydrogen) atoms. The van der Waals surface area contributed by atoms with Crippen molar-refractivity contribution < 1.29 is 9.72 Å². The Kier molecular flexibility index (Phi) is 6.72. The summed E-state index contributed by atoms with van der Waals surface area (Å²) in [4.78, 5) is 24.4. The van der Waals surface area contributed by atoms with Gasteiger partial charge in [0.05, 0.1) is 11.1 Å². The number of carbonyl (C=O) groups is 1. The van der Waals surface area contributed by atoms with Gasteiger partial charge in [-0.05, 0) is 31.7 Å². The maximum atomic E-state index is 11.6. The van der Waals surface area contributed by atoms with Gasteiger partial charge in [0.1, 0.15) is 0 Å². The van der Waals surface area contributed by atoms with E-state index in [0.717, 1.165) is 44.5 Å². The zero-order valence-electron chi connectivity index (χ0n) is 14.0. The number of nitrogens with zero attached hydrogens (tertiary/aromatic N) is 3. The van der Waals surface area contributed by atoms with E-state index in [0.29, 0.717) is 12.0 Å². The number of nitro groups is 1. The van der Waals surface area contributed by atoms with Crippen LogP contribution >= 0.6 is 0 Å². The molecule has 0 saturated carbocycles. The second-order valence-electron chi connectivity index (χ2n) is 5.94. The summed E-state index contributed by atoms with van der Waals surface area (Å²) < 4.78 is 0. The fraction of sp³-hybridized carbons (Fsp3) is 0.529. The van der Waals surface area contributed by atoms with Crippen LogP contribution in [0, 0.1) is 10.1 Å². The third-order valence-corrected chi connectivity index (χ3v) is 4.07. The molecule has 7 heteroatoms. The van der Waals surface area contributed by atoms with E-state index in [9.17, 15) is 14.9 Å². The summed E-state index contributed by atoms with van der Waals surface area (Å²) in [5, 5.41) is 15.0. The average molecular weight is 332 g/mol. The highest BCUT2D eigenvalue weighted by atomic mass is 16.6. The zero-order valence-corrected chi connectivity index (χ0v) is 14.0. The molecule has 1 aromatic carbocycles. The van der Waals surface area contributed by atoms with E-state index in [-0.39, 0.29) is 11.6 Å². The smallest absolute Gasteiger partial charge is 0.270 e. The van der Waals surface area contributed by atoms with Crippen molar-refractivity contribution in [2.75, 3.05) is 18.0 Å². The van der Waals surface area contributed by atoms with Crippen LogP contribution in [0.25, 0.3) is 0 Å². The highest BCUT2D eigenvalue weighted by Gasteiger charge is 2.17. The molecule has 1 aliphatic heterocycles. The number of unbranched alkanes of at least 4 members (excludes halogenated alkanes) is 1. The zero-order chi connectivity index (χ0) is 17.4. The number of hydrazone groups is 1. The first-order chi connectivity index (χ1) is 11.6. The van der Waals surface area contributed by atoms with E-state index in [4.69, 9.17) is 0 Å². The van der Waals surface area contributed by atoms with E-state index in [2.05, 4.69) is 15.4 Å². The van der Waals surface area contributed by atoms with Crippen LogP contribution in [0.1, 0.15) is 51.0 Å². The van der Waals surface area contributed by atoms with Gasteiger partial charge in [0.15, 0.2) is 0 Å². The molecule has 2 rings (SSSR count). The van der Waals surface area contributed by atoms with Crippen LogP contribution in [-0.4, -0.2) is 30.1 Å². The Labute approximate surface area is 141 Å². The molecule has 0 unspecified atom stereocenters. The van der Waals surface area contributed by atoms with Crippen LogP contribution in [0.3, 0.4) is 0 Å². The van der Waals surface area contributed by atoms with Gasteiger partial charge in [0.25, 0.3) is 5.69 Å². The lowest BCUT2D eigenvalue weighted by Gasteiger charge is -2.29. The molecule has 130 valence electrons. The van der Waals surface area contributed by atoms with Gasteiger partial charge in [-0.2, -0.15) is 5.10 Å². The van der Waals surface area contributed by atoms with E-state index in [1.54, 1.807) is 6.07 Å². The topological polar surface area (TPSA) is 87.8 Å². The Morgan fingerprint density at radius 2 is 2.12 bits per heavy atom. The second kappa shape index (κ2) is 9.00. The van der Waals surface area contributed by atoms with Crippen molar-refractivity contribution in [3.63, 3.8) is 0 Å². The summed E-state index contributed by atoms with van der Waals surface area (Å²) in [6, 6.07) is 4.79. The number of rotatable bonds is 7. The first kappa shape index (κ1) is 17.9. The largest absolute Gasteiger partial charge is 0.371 e. The number of nitrogens with one attached hydrogen (secondary N) is 1. The Morgan fingerprint density at radius 3 is 2.79 bits per heavy atom. The number of hydrogen-bond acceptors (Lipinski definition) is 5. The Hall–Kier alpha value is -2.44. The predicted octanol–water partition coefficient (Wildman–Crippen LogP) is 3.23. The highest BCUT2D eigenvalue weighted by molar-refractivity contribution is 5.90. The molecule has 0 aliphatic carbocycles. The van der Waals surface area contributed by atoms with Crippen LogP contribution in [0.4, 0.5) is 11.4 Å². The number of piperidine rings is 1. The number of benzene rings is 1. The number of anilines is 1. The molecule has 0 bridgehead atoms. The third-order valence-electron chi connectivity index (χ3n) is 4.07. The quantitative estimate of drug-likeness (QED) is 0.472. The van der Waals surface area contributed by atoms with Crippen LogP contribution in [-0.2, 0) is 4.79 Å². The Balaban J connectivity index is 2.16. The first-order valence-electron chi connectivity index (χ1n) is 8.47. The monoisotopic (exact) mass is 332 g/mol. The molecule has 1 fully saturated rings. The predicted molar refractivity (Wildman–Crippen MR) is 94.4 cm³/mol. The van der Waals surface area contributed by atoms with Gasteiger partial charge in [-0.1, -0.05) is 13.3 Å². The maximum absolute atomic E-state index is 11.6. The van der Waals surface area contributed by atoms with E-state index < -0.39 is 4.92 Å². The lowest BCUT2D eigenvalue weighted by molar-refractivity contribution is -0.384. The standard InChI is InChI=1S/C17H24N4O3/c1-2-3-7-17(22)19-18-13-14-12-15(21(23)24)8-9-16(14)20-10-5-4-6-11-20/h8-9,12-13H,2-7,10-11H2,1H3,(H,19,22)/b18-13-. The van der Waals surface area contributed by atoms with Gasteiger partial charge >= 0.3 is 0 Å². The molecule has 1 aliphatic rings. The SMILES string of the molecule is CCCCC(=O)N/N=C\c1cc([N+](=O)[O-])ccc1N1CCCCC1. The van der Waals surface area contributed by atoms with E-state index in [1.807, 2.05) is 6.92 Å². The number of hydrogen-bond donors (Lipinski definition) is 1. The van der Waals surface area contributed by atoms with Crippen molar-refractivity contribution in [2.45, 2.75) is 45.4 Å². The molecule has 1 saturated heterocycles. The van der Waals surface area contributed by atoms with Crippen LogP contribution in [0.5, 0.6) is 0 Å². The van der Waals surface area contributed by atoms with Gasteiger partial charge in [-0.25, -0.2) is 5.43 Å². The molecule has 7 nitrogen and oxygen atoms in total. The number of carbonyl (C=O) groups excluding carboxylic acids is 1. The van der Waals surface area contributed by atoms with Crippen LogP contribution < -0.4 is 10.3 Å². The van der Waals surface area contributed by atoms with Crippen molar-refractivity contribution in [2.24, 2.45) is 5.10 Å². The number of non-ortho nitro benzene ring substituents is 1. The summed E-state index contributed by atoms with van der Waals surface area (Å²) in [6.45, 7) is 3.88. The van der Waals surface area contributed by atoms with Crippen molar-refractivity contribution in [3.8, 4) is 0 Å². The molecule has 1 N–H and O–H groups in total. The van der Waals surface area contributed by atoms with E-state index in [1.165, 1.54) is 24.8 Å². The number of amides is 1. The fourth-order valence-corrected chi connectivity index (χ4v) is 2.75. The summed E-state index contributed by atoms with van der Waals surface area (Å²) in [5.74, 6) is -0.141. The minimum Gasteiger partial charge on any atom is -0.371 e. The Morgan fingerprint density at radius 1 is 1.38 bits per heavy atom. The highest BCUT2D eigenvalue weighted by Crippen LogP contribution is 2.26. The normalized spacial score (nSPS) is 14.8. The van der Waals surface area contributed by atoms with Crippen LogP contribution in [0.2, 0.25) is 0 Å². The van der Waals surface area contributed by atoms with Crippen molar-refractivity contribution in [1.82, 2.24) is 5.43 Å². The lowest BCUT2D eigenvalue weighted by atomic mass is 10.1. The minimum absolute atomic E-state index is 0.0227. The molecule has 0 aromatic heterocycles. The lowest BCUT2D eigenvalue weighted by Crippen LogP contribution is -2.30. The first-order valence-corrected chi connectivity index (χ1v) is 8.47. The van der Waals surface area contributed by atoms with Gasteiger partial charge in [0, 0.05) is 42.9 Å². The molecular formula is C17H24N4O3. The van der Waals surface area contributed by atoms with E-state index >= 15 is 0 Å². The molecule has 1 amide bonds. The maximum Gasteiger partial charge on any atom is 0.270 e. The average Bonchev–Trinajstić information content (AvgIpc) is 2.60. The minimum atomic E-state index is -0.419. The van der Waals surface area contributed by atoms with Gasteiger partial charge in [0.2, 0.25) is 5.91 Å². The van der Waals surface area contributed by atoms with Crippen molar-refractivity contribution in [1.29, 1.82) is 0 Å². The van der Waals surface area contributed by atoms with Crippen LogP contribution in [0.15, 0.2) is 23.3 Å². The summed E-state index contributed by atoms with van der Waals surface area (Å²) in [6.07, 6.45) is 7.13. The molecule has 0 spiro atoms. The molecule has 0 atom stereocenters. The van der Waals surface area contributed by atoms with Crippen molar-refractivity contribution in [3.05, 3.63) is 33.9 Å². The van der Waals surface area contributed by atoms with Crippen molar-refractivity contribution >= 4 is 23.5 Å². The Bertz CT molecular complexity index is 610. The van der Waals surface area contributed by atoms with Gasteiger partial charge in [-0.3, -0.25) is 14.9 Å². The summed E-state index contributed by atoms with van der Waals surface area (Å²) in [7, 11) is 0. The fourth-order valence-electron chi connectivity index (χ4n) is 2.75. The number of nitro benzene ring substituents is 1. The molecule has 0 radical (unpaired) electrons.